The van der Waals surface area contributed by atoms with E-state index in [0.717, 1.165) is 30.6 Å². The number of aryl methyl sites for hydroxylation is 1. The third kappa shape index (κ3) is 4.27. The minimum absolute atomic E-state index is 0.670. The smallest absolute Gasteiger partial charge is 0.157 e. The molecule has 0 radical (unpaired) electrons. The average Bonchev–Trinajstić information content (AvgIpc) is 2.83. The summed E-state index contributed by atoms with van der Waals surface area (Å²) in [5.41, 5.74) is 2.82. The summed E-state index contributed by atoms with van der Waals surface area (Å²) in [6.07, 6.45) is 2.35. The van der Waals surface area contributed by atoms with Crippen molar-refractivity contribution in [2.24, 2.45) is 10.9 Å². The van der Waals surface area contributed by atoms with Crippen LogP contribution in [0.1, 0.15) is 38.3 Å². The standard InChI is InChI=1S/C16H24N2S/c1-4-13-7-5-6-8-14(13)10-17-16-18-11-15(19-16)9-12(2)3/h5-8,12,15H,4,9-11H2,1-3H3,(H,17,18). The number of thioether (sulfide) groups is 1. The Morgan fingerprint density at radius 1 is 1.32 bits per heavy atom. The SMILES string of the molecule is CCc1ccccc1CNC1=NCC(CC(C)C)S1. The summed E-state index contributed by atoms with van der Waals surface area (Å²) in [6.45, 7) is 8.64. The number of nitrogens with zero attached hydrogens (tertiary/aromatic N) is 1. The number of nitrogens with one attached hydrogen (secondary N) is 1. The summed E-state index contributed by atoms with van der Waals surface area (Å²) in [5, 5.41) is 5.28. The van der Waals surface area contributed by atoms with E-state index in [9.17, 15) is 0 Å². The molecule has 0 bridgehead atoms. The summed E-state index contributed by atoms with van der Waals surface area (Å²) in [5.74, 6) is 0.757. The molecule has 1 N–H and O–H groups in total. The first kappa shape index (κ1) is 14.4. The molecule has 0 fully saturated rings. The van der Waals surface area contributed by atoms with Crippen LogP contribution >= 0.6 is 11.8 Å². The molecule has 19 heavy (non-hydrogen) atoms. The molecule has 0 aliphatic carbocycles. The van der Waals surface area contributed by atoms with Crippen LogP contribution in [0.15, 0.2) is 29.3 Å². The predicted molar refractivity (Wildman–Crippen MR) is 85.8 cm³/mol. The molecule has 0 aromatic heterocycles. The maximum atomic E-state index is 4.61. The van der Waals surface area contributed by atoms with Gasteiger partial charge in [-0.15, -0.1) is 0 Å². The molecule has 1 atom stereocenters. The molecule has 2 nitrogen and oxygen atoms in total. The summed E-state index contributed by atoms with van der Waals surface area (Å²) in [4.78, 5) is 4.61. The zero-order valence-electron chi connectivity index (χ0n) is 12.1. The number of benzene rings is 1. The van der Waals surface area contributed by atoms with Gasteiger partial charge in [-0.1, -0.05) is 56.8 Å². The predicted octanol–water partition coefficient (Wildman–Crippen LogP) is 3.86. The van der Waals surface area contributed by atoms with Crippen molar-refractivity contribution in [3.05, 3.63) is 35.4 Å². The molecule has 1 aromatic rings. The summed E-state index contributed by atoms with van der Waals surface area (Å²) in [7, 11) is 0. The number of amidine groups is 1. The molecular formula is C16H24N2S. The lowest BCUT2D eigenvalue weighted by molar-refractivity contribution is 0.575. The number of aliphatic imine (C=N–C) groups is 1. The van der Waals surface area contributed by atoms with Gasteiger partial charge in [-0.25, -0.2) is 0 Å². The lowest BCUT2D eigenvalue weighted by Gasteiger charge is -2.12. The monoisotopic (exact) mass is 276 g/mol. The van der Waals surface area contributed by atoms with Crippen LogP contribution in [0.4, 0.5) is 0 Å². The topological polar surface area (TPSA) is 24.4 Å². The Kier molecular flexibility index (Phi) is 5.32. The van der Waals surface area contributed by atoms with Crippen molar-refractivity contribution in [1.82, 2.24) is 5.32 Å². The second-order valence-corrected chi connectivity index (χ2v) is 6.78. The first-order valence-electron chi connectivity index (χ1n) is 7.20. The third-order valence-corrected chi connectivity index (χ3v) is 4.55. The van der Waals surface area contributed by atoms with E-state index in [2.05, 4.69) is 55.3 Å². The number of rotatable bonds is 5. The van der Waals surface area contributed by atoms with Crippen LogP contribution in [0, 0.1) is 5.92 Å². The van der Waals surface area contributed by atoms with E-state index >= 15 is 0 Å². The van der Waals surface area contributed by atoms with Crippen LogP contribution in [0.5, 0.6) is 0 Å². The molecule has 3 heteroatoms. The quantitative estimate of drug-likeness (QED) is 0.883. The molecule has 1 aliphatic heterocycles. The van der Waals surface area contributed by atoms with Crippen molar-refractivity contribution in [1.29, 1.82) is 0 Å². The Bertz CT molecular complexity index is 440. The highest BCUT2D eigenvalue weighted by molar-refractivity contribution is 8.14. The Morgan fingerprint density at radius 3 is 2.74 bits per heavy atom. The molecule has 1 heterocycles. The van der Waals surface area contributed by atoms with E-state index in [4.69, 9.17) is 0 Å². The Morgan fingerprint density at radius 2 is 2.05 bits per heavy atom. The first-order chi connectivity index (χ1) is 9.19. The van der Waals surface area contributed by atoms with Crippen LogP contribution in [0.3, 0.4) is 0 Å². The Hall–Kier alpha value is -0.960. The van der Waals surface area contributed by atoms with Crippen molar-refractivity contribution in [3.8, 4) is 0 Å². The van der Waals surface area contributed by atoms with Crippen LogP contribution in [0.2, 0.25) is 0 Å². The maximum Gasteiger partial charge on any atom is 0.157 e. The van der Waals surface area contributed by atoms with Gasteiger partial charge in [-0.05, 0) is 29.9 Å². The molecule has 1 aromatic carbocycles. The maximum absolute atomic E-state index is 4.61. The molecule has 0 saturated heterocycles. The van der Waals surface area contributed by atoms with Crippen LogP contribution in [-0.2, 0) is 13.0 Å². The van der Waals surface area contributed by atoms with E-state index in [1.165, 1.54) is 17.5 Å². The van der Waals surface area contributed by atoms with Gasteiger partial charge < -0.3 is 5.32 Å². The van der Waals surface area contributed by atoms with Crippen molar-refractivity contribution in [2.45, 2.75) is 45.4 Å². The van der Waals surface area contributed by atoms with Gasteiger partial charge in [0.15, 0.2) is 5.17 Å². The van der Waals surface area contributed by atoms with Gasteiger partial charge in [0.2, 0.25) is 0 Å². The normalized spacial score (nSPS) is 18.7. The minimum atomic E-state index is 0.670. The Labute approximate surface area is 121 Å². The van der Waals surface area contributed by atoms with Crippen LogP contribution in [0.25, 0.3) is 0 Å². The van der Waals surface area contributed by atoms with Gasteiger partial charge >= 0.3 is 0 Å². The number of hydrogen-bond donors (Lipinski definition) is 1. The molecule has 0 spiro atoms. The molecule has 1 unspecified atom stereocenters. The van der Waals surface area contributed by atoms with Crippen molar-refractivity contribution >= 4 is 16.9 Å². The lowest BCUT2D eigenvalue weighted by Crippen LogP contribution is -2.20. The molecule has 1 aliphatic rings. The molecular weight excluding hydrogens is 252 g/mol. The highest BCUT2D eigenvalue weighted by Crippen LogP contribution is 2.25. The fraction of sp³-hybridized carbons (Fsp3) is 0.562. The Balaban J connectivity index is 1.83. The highest BCUT2D eigenvalue weighted by atomic mass is 32.2. The third-order valence-electron chi connectivity index (χ3n) is 3.38. The second-order valence-electron chi connectivity index (χ2n) is 5.49. The van der Waals surface area contributed by atoms with Crippen LogP contribution < -0.4 is 5.32 Å². The van der Waals surface area contributed by atoms with E-state index in [-0.39, 0.29) is 0 Å². The average molecular weight is 276 g/mol. The van der Waals surface area contributed by atoms with E-state index in [0.29, 0.717) is 5.25 Å². The largest absolute Gasteiger partial charge is 0.361 e. The highest BCUT2D eigenvalue weighted by Gasteiger charge is 2.20. The fourth-order valence-electron chi connectivity index (χ4n) is 2.41. The van der Waals surface area contributed by atoms with Gasteiger partial charge in [0.05, 0.1) is 6.54 Å². The number of hydrogen-bond acceptors (Lipinski definition) is 3. The molecule has 0 amide bonds. The van der Waals surface area contributed by atoms with Gasteiger partial charge in [-0.3, -0.25) is 4.99 Å². The molecule has 2 rings (SSSR count). The van der Waals surface area contributed by atoms with Crippen LogP contribution in [-0.4, -0.2) is 17.0 Å². The summed E-state index contributed by atoms with van der Waals surface area (Å²) < 4.78 is 0. The zero-order chi connectivity index (χ0) is 13.7. The van der Waals surface area contributed by atoms with Crippen molar-refractivity contribution in [2.75, 3.05) is 6.54 Å². The first-order valence-corrected chi connectivity index (χ1v) is 8.08. The van der Waals surface area contributed by atoms with Gasteiger partial charge in [-0.2, -0.15) is 0 Å². The summed E-state index contributed by atoms with van der Waals surface area (Å²) >= 11 is 1.91. The minimum Gasteiger partial charge on any atom is -0.361 e. The molecule has 104 valence electrons. The molecule has 0 saturated carbocycles. The van der Waals surface area contributed by atoms with E-state index < -0.39 is 0 Å². The lowest BCUT2D eigenvalue weighted by atomic mass is 10.1. The van der Waals surface area contributed by atoms with Gasteiger partial charge in [0, 0.05) is 11.8 Å². The summed E-state index contributed by atoms with van der Waals surface area (Å²) in [6, 6.07) is 8.64. The zero-order valence-corrected chi connectivity index (χ0v) is 13.0. The van der Waals surface area contributed by atoms with E-state index in [1.54, 1.807) is 0 Å². The van der Waals surface area contributed by atoms with Gasteiger partial charge in [0.25, 0.3) is 0 Å². The van der Waals surface area contributed by atoms with Gasteiger partial charge in [0.1, 0.15) is 0 Å². The van der Waals surface area contributed by atoms with Crippen molar-refractivity contribution in [3.63, 3.8) is 0 Å². The van der Waals surface area contributed by atoms with E-state index in [1.807, 2.05) is 11.8 Å². The second kappa shape index (κ2) is 6.99. The fourth-order valence-corrected chi connectivity index (χ4v) is 3.66. The van der Waals surface area contributed by atoms with Crippen molar-refractivity contribution < 1.29 is 0 Å².